The number of rotatable bonds is 6. The molecular weight excluding hydrogens is 316 g/mol. The molecule has 0 saturated heterocycles. The zero-order valence-corrected chi connectivity index (χ0v) is 14.3. The van der Waals surface area contributed by atoms with Crippen LogP contribution in [0.15, 0.2) is 60.7 Å². The molecule has 2 aromatic carbocycles. The van der Waals surface area contributed by atoms with Gasteiger partial charge in [-0.15, -0.1) is 5.10 Å². The average Bonchev–Trinajstić information content (AvgIpc) is 3.06. The van der Waals surface area contributed by atoms with E-state index in [1.54, 1.807) is 6.92 Å². The van der Waals surface area contributed by atoms with Crippen LogP contribution in [0.3, 0.4) is 0 Å². The van der Waals surface area contributed by atoms with Crippen molar-refractivity contribution in [2.75, 3.05) is 13.2 Å². The highest BCUT2D eigenvalue weighted by Gasteiger charge is 2.14. The molecule has 5 heteroatoms. The minimum absolute atomic E-state index is 0.160. The number of para-hydroxylation sites is 1. The average molecular weight is 336 g/mol. The summed E-state index contributed by atoms with van der Waals surface area (Å²) in [6, 6.07) is 19.8. The number of ether oxygens (including phenoxy) is 2. The Hall–Kier alpha value is -3.08. The predicted molar refractivity (Wildman–Crippen MR) is 95.9 cm³/mol. The second kappa shape index (κ2) is 7.66. The Kier molecular flexibility index (Phi) is 5.14. The van der Waals surface area contributed by atoms with Crippen LogP contribution in [0.4, 0.5) is 0 Å². The van der Waals surface area contributed by atoms with Crippen LogP contribution in [0, 0.1) is 6.92 Å². The molecule has 0 aliphatic heterocycles. The molecule has 0 fully saturated rings. The van der Waals surface area contributed by atoms with E-state index in [0.29, 0.717) is 12.5 Å². The smallest absolute Gasteiger partial charge is 0.344 e. The van der Waals surface area contributed by atoms with Gasteiger partial charge in [0, 0.05) is 11.6 Å². The first-order valence-electron chi connectivity index (χ1n) is 8.18. The van der Waals surface area contributed by atoms with E-state index in [1.807, 2.05) is 60.1 Å². The van der Waals surface area contributed by atoms with Crippen LogP contribution < -0.4 is 4.74 Å². The van der Waals surface area contributed by atoms with Crippen LogP contribution in [-0.2, 0) is 9.53 Å². The highest BCUT2D eigenvalue weighted by atomic mass is 16.6. The lowest BCUT2D eigenvalue weighted by molar-refractivity contribution is -0.145. The summed E-state index contributed by atoms with van der Waals surface area (Å²) < 4.78 is 12.2. The lowest BCUT2D eigenvalue weighted by Crippen LogP contribution is -2.14. The summed E-state index contributed by atoms with van der Waals surface area (Å²) in [5.74, 6) is -0.0267. The van der Waals surface area contributed by atoms with Crippen LogP contribution in [0.25, 0.3) is 16.9 Å². The second-order valence-electron chi connectivity index (χ2n) is 5.57. The first-order valence-corrected chi connectivity index (χ1v) is 8.18. The van der Waals surface area contributed by atoms with Crippen LogP contribution in [0.2, 0.25) is 0 Å². The molecule has 128 valence electrons. The predicted octanol–water partition coefficient (Wildman–Crippen LogP) is 3.79. The maximum atomic E-state index is 11.5. The van der Waals surface area contributed by atoms with Crippen molar-refractivity contribution in [1.82, 2.24) is 9.78 Å². The van der Waals surface area contributed by atoms with E-state index >= 15 is 0 Å². The molecule has 3 aromatic rings. The third kappa shape index (κ3) is 4.07. The van der Waals surface area contributed by atoms with Gasteiger partial charge in [-0.3, -0.25) is 0 Å². The van der Waals surface area contributed by atoms with Gasteiger partial charge in [-0.05, 0) is 26.0 Å². The third-order valence-corrected chi connectivity index (χ3v) is 3.68. The van der Waals surface area contributed by atoms with Gasteiger partial charge in [0.25, 0.3) is 0 Å². The fourth-order valence-corrected chi connectivity index (χ4v) is 2.46. The molecule has 0 amide bonds. The Bertz CT molecular complexity index is 839. The van der Waals surface area contributed by atoms with E-state index < -0.39 is 5.97 Å². The zero-order valence-electron chi connectivity index (χ0n) is 14.3. The summed E-state index contributed by atoms with van der Waals surface area (Å²) in [5, 5.41) is 4.50. The maximum Gasteiger partial charge on any atom is 0.344 e. The standard InChI is InChI=1S/C20H20N2O3/c1-3-24-20(23)14-25-19-13-18(16-11-9-15(2)10-12-16)22(21-19)17-7-5-4-6-8-17/h4-13H,3,14H2,1-2H3. The lowest BCUT2D eigenvalue weighted by Gasteiger charge is -2.07. The minimum atomic E-state index is -0.409. The Labute approximate surface area is 146 Å². The molecular formula is C20H20N2O3. The van der Waals surface area contributed by atoms with Crippen LogP contribution >= 0.6 is 0 Å². The Morgan fingerprint density at radius 3 is 2.48 bits per heavy atom. The lowest BCUT2D eigenvalue weighted by atomic mass is 10.1. The second-order valence-corrected chi connectivity index (χ2v) is 5.57. The molecule has 0 spiro atoms. The zero-order chi connectivity index (χ0) is 17.6. The summed E-state index contributed by atoms with van der Waals surface area (Å²) in [5.41, 5.74) is 4.02. The summed E-state index contributed by atoms with van der Waals surface area (Å²) >= 11 is 0. The summed E-state index contributed by atoms with van der Waals surface area (Å²) in [4.78, 5) is 11.5. The quantitative estimate of drug-likeness (QED) is 0.643. The van der Waals surface area contributed by atoms with E-state index in [-0.39, 0.29) is 6.61 Å². The van der Waals surface area contributed by atoms with E-state index in [2.05, 4.69) is 17.2 Å². The number of hydrogen-bond acceptors (Lipinski definition) is 4. The van der Waals surface area contributed by atoms with E-state index in [0.717, 1.165) is 16.9 Å². The van der Waals surface area contributed by atoms with Crippen molar-refractivity contribution in [3.63, 3.8) is 0 Å². The fraction of sp³-hybridized carbons (Fsp3) is 0.200. The van der Waals surface area contributed by atoms with Gasteiger partial charge in [-0.1, -0.05) is 48.0 Å². The van der Waals surface area contributed by atoms with Crippen molar-refractivity contribution >= 4 is 5.97 Å². The highest BCUT2D eigenvalue weighted by molar-refractivity contribution is 5.71. The van der Waals surface area contributed by atoms with E-state index in [1.165, 1.54) is 5.56 Å². The largest absolute Gasteiger partial charge is 0.465 e. The SMILES string of the molecule is CCOC(=O)COc1cc(-c2ccc(C)cc2)n(-c2ccccc2)n1. The Balaban J connectivity index is 1.94. The number of esters is 1. The number of carbonyl (C=O) groups excluding carboxylic acids is 1. The molecule has 1 aromatic heterocycles. The topological polar surface area (TPSA) is 53.4 Å². The molecule has 0 aliphatic rings. The fourth-order valence-electron chi connectivity index (χ4n) is 2.46. The van der Waals surface area contributed by atoms with Gasteiger partial charge in [0.2, 0.25) is 5.88 Å². The van der Waals surface area contributed by atoms with Crippen LogP contribution in [-0.4, -0.2) is 29.0 Å². The van der Waals surface area contributed by atoms with Crippen molar-refractivity contribution in [2.24, 2.45) is 0 Å². The first-order chi connectivity index (χ1) is 12.2. The van der Waals surface area contributed by atoms with Gasteiger partial charge in [-0.2, -0.15) is 0 Å². The third-order valence-electron chi connectivity index (χ3n) is 3.68. The molecule has 1 heterocycles. The number of carbonyl (C=O) groups is 1. The van der Waals surface area contributed by atoms with E-state index in [4.69, 9.17) is 9.47 Å². The normalized spacial score (nSPS) is 10.5. The monoisotopic (exact) mass is 336 g/mol. The van der Waals surface area contributed by atoms with Gasteiger partial charge in [-0.25, -0.2) is 9.48 Å². The van der Waals surface area contributed by atoms with Gasteiger partial charge >= 0.3 is 5.97 Å². The summed E-state index contributed by atoms with van der Waals surface area (Å²) in [6.07, 6.45) is 0. The van der Waals surface area contributed by atoms with Crippen LogP contribution in [0.1, 0.15) is 12.5 Å². The Morgan fingerprint density at radius 1 is 1.08 bits per heavy atom. The molecule has 0 radical (unpaired) electrons. The number of aryl methyl sites for hydroxylation is 1. The number of hydrogen-bond donors (Lipinski definition) is 0. The van der Waals surface area contributed by atoms with Crippen LogP contribution in [0.5, 0.6) is 5.88 Å². The van der Waals surface area contributed by atoms with Crippen molar-refractivity contribution in [3.8, 4) is 22.8 Å². The molecule has 0 atom stereocenters. The molecule has 3 rings (SSSR count). The van der Waals surface area contributed by atoms with Crippen molar-refractivity contribution in [2.45, 2.75) is 13.8 Å². The van der Waals surface area contributed by atoms with Gasteiger partial charge < -0.3 is 9.47 Å². The first kappa shape index (κ1) is 16.8. The number of nitrogens with zero attached hydrogens (tertiary/aromatic N) is 2. The highest BCUT2D eigenvalue weighted by Crippen LogP contribution is 2.27. The molecule has 0 saturated carbocycles. The number of aromatic nitrogens is 2. The Morgan fingerprint density at radius 2 is 1.80 bits per heavy atom. The molecule has 5 nitrogen and oxygen atoms in total. The van der Waals surface area contributed by atoms with Gasteiger partial charge in [0.15, 0.2) is 6.61 Å². The van der Waals surface area contributed by atoms with E-state index in [9.17, 15) is 4.79 Å². The van der Waals surface area contributed by atoms with Crippen molar-refractivity contribution in [3.05, 3.63) is 66.2 Å². The number of benzene rings is 2. The molecule has 0 N–H and O–H groups in total. The maximum absolute atomic E-state index is 11.5. The van der Waals surface area contributed by atoms with Crippen molar-refractivity contribution in [1.29, 1.82) is 0 Å². The molecule has 0 bridgehead atoms. The minimum Gasteiger partial charge on any atom is -0.465 e. The molecule has 25 heavy (non-hydrogen) atoms. The van der Waals surface area contributed by atoms with Crippen molar-refractivity contribution < 1.29 is 14.3 Å². The molecule has 0 aliphatic carbocycles. The summed E-state index contributed by atoms with van der Waals surface area (Å²) in [7, 11) is 0. The molecule has 0 unspecified atom stereocenters. The van der Waals surface area contributed by atoms with Gasteiger partial charge in [0.05, 0.1) is 18.0 Å². The summed E-state index contributed by atoms with van der Waals surface area (Å²) in [6.45, 7) is 3.98. The van der Waals surface area contributed by atoms with Gasteiger partial charge in [0.1, 0.15) is 0 Å².